The van der Waals surface area contributed by atoms with E-state index in [4.69, 9.17) is 9.16 Å². The Labute approximate surface area is 155 Å². The smallest absolute Gasteiger partial charge is 0.192 e. The lowest BCUT2D eigenvalue weighted by Gasteiger charge is -2.45. The van der Waals surface area contributed by atoms with E-state index >= 15 is 0 Å². The summed E-state index contributed by atoms with van der Waals surface area (Å²) in [4.78, 5) is 10.6. The minimum Gasteiger partial charge on any atom is -0.414 e. The van der Waals surface area contributed by atoms with Gasteiger partial charge in [0.05, 0.1) is 0 Å². The maximum absolute atomic E-state index is 10.6. The van der Waals surface area contributed by atoms with Gasteiger partial charge in [0.15, 0.2) is 8.32 Å². The first kappa shape index (κ1) is 20.6. The molecule has 25 heavy (non-hydrogen) atoms. The van der Waals surface area contributed by atoms with Crippen LogP contribution in [0.1, 0.15) is 61.3 Å². The topological polar surface area (TPSA) is 38.8 Å². The first-order valence-electron chi connectivity index (χ1n) is 9.39. The number of hydrogen-bond donors (Lipinski definition) is 0. The first-order valence-corrected chi connectivity index (χ1v) is 12.3. The quantitative estimate of drug-likeness (QED) is 0.215. The predicted octanol–water partition coefficient (Wildman–Crippen LogP) is 5.43. The Balaban J connectivity index is 2.21. The van der Waals surface area contributed by atoms with E-state index in [1.807, 2.05) is 13.0 Å². The second kappa shape index (κ2) is 6.17. The van der Waals surface area contributed by atoms with Gasteiger partial charge in [-0.05, 0) is 56.1 Å². The summed E-state index contributed by atoms with van der Waals surface area (Å²) in [5.41, 5.74) is 0.508. The summed E-state index contributed by atoms with van der Waals surface area (Å²) in [7, 11) is -1.79. The average Bonchev–Trinajstić information content (AvgIpc) is 3.01. The van der Waals surface area contributed by atoms with Gasteiger partial charge >= 0.3 is 0 Å². The fraction of sp³-hybridized carbons (Fsp3) is 0.762. The standard InChI is InChI=1S/C21H36O3Si/c1-16(11-13-22)10-12-21-19(5,6)14-17(15-20(21,7)24-21)23-25(8,9)18(2,3)4/h10-13,17H,14-15H2,1-9H3/b12-10+,16-11+/t17-,20+,21-/m0/s1. The lowest BCUT2D eigenvalue weighted by atomic mass is 9.63. The molecule has 1 heterocycles. The van der Waals surface area contributed by atoms with Crippen LogP contribution in [0.15, 0.2) is 23.8 Å². The SMILES string of the molecule is CC(/C=C/[C@@]12O[C@]1(C)C[C@@H](O[Si](C)(C)C(C)(C)C)CC2(C)C)=C\C=O. The summed E-state index contributed by atoms with van der Waals surface area (Å²) in [6.07, 6.45) is 8.79. The van der Waals surface area contributed by atoms with Gasteiger partial charge in [-0.3, -0.25) is 4.79 Å². The zero-order chi connectivity index (χ0) is 19.3. The van der Waals surface area contributed by atoms with Gasteiger partial charge in [-0.2, -0.15) is 0 Å². The number of carbonyl (C=O) groups excluding carboxylic acids is 1. The van der Waals surface area contributed by atoms with Gasteiger partial charge in [0.2, 0.25) is 0 Å². The molecule has 0 amide bonds. The first-order chi connectivity index (χ1) is 11.2. The molecule has 142 valence electrons. The van der Waals surface area contributed by atoms with E-state index in [-0.39, 0.29) is 27.8 Å². The Morgan fingerprint density at radius 1 is 1.20 bits per heavy atom. The Bertz CT molecular complexity index is 597. The van der Waals surface area contributed by atoms with Crippen LogP contribution < -0.4 is 0 Å². The fourth-order valence-corrected chi connectivity index (χ4v) is 5.48. The van der Waals surface area contributed by atoms with Crippen molar-refractivity contribution in [3.8, 4) is 0 Å². The molecule has 1 saturated heterocycles. The number of fused-ring (bicyclic) bond motifs is 1. The Morgan fingerprint density at radius 2 is 1.80 bits per heavy atom. The number of carbonyl (C=O) groups is 1. The van der Waals surface area contributed by atoms with E-state index in [2.05, 4.69) is 60.7 Å². The zero-order valence-electron chi connectivity index (χ0n) is 17.5. The van der Waals surface area contributed by atoms with Gasteiger partial charge in [-0.25, -0.2) is 0 Å². The third kappa shape index (κ3) is 3.58. The lowest BCUT2D eigenvalue weighted by molar-refractivity contribution is -0.104. The van der Waals surface area contributed by atoms with Crippen LogP contribution in [0.25, 0.3) is 0 Å². The molecule has 0 N–H and O–H groups in total. The fourth-order valence-electron chi connectivity index (χ4n) is 4.13. The van der Waals surface area contributed by atoms with E-state index in [0.717, 1.165) is 24.7 Å². The van der Waals surface area contributed by atoms with E-state index in [1.54, 1.807) is 6.08 Å². The van der Waals surface area contributed by atoms with Gasteiger partial charge in [-0.15, -0.1) is 0 Å². The zero-order valence-corrected chi connectivity index (χ0v) is 18.5. The highest BCUT2D eigenvalue weighted by Gasteiger charge is 2.75. The van der Waals surface area contributed by atoms with E-state index in [0.29, 0.717) is 0 Å². The van der Waals surface area contributed by atoms with Crippen molar-refractivity contribution in [3.63, 3.8) is 0 Å². The van der Waals surface area contributed by atoms with Crippen molar-refractivity contribution in [2.75, 3.05) is 0 Å². The van der Waals surface area contributed by atoms with Crippen molar-refractivity contribution in [2.45, 2.75) is 96.7 Å². The van der Waals surface area contributed by atoms with Crippen LogP contribution in [-0.2, 0) is 14.0 Å². The van der Waals surface area contributed by atoms with E-state index in [1.165, 1.54) is 0 Å². The molecule has 4 heteroatoms. The molecule has 3 nitrogen and oxygen atoms in total. The van der Waals surface area contributed by atoms with Crippen molar-refractivity contribution in [3.05, 3.63) is 23.8 Å². The van der Waals surface area contributed by atoms with Gasteiger partial charge < -0.3 is 9.16 Å². The molecule has 0 bridgehead atoms. The summed E-state index contributed by atoms with van der Waals surface area (Å²) in [6.45, 7) is 20.2. The van der Waals surface area contributed by atoms with Crippen LogP contribution >= 0.6 is 0 Å². The minimum atomic E-state index is -1.79. The summed E-state index contributed by atoms with van der Waals surface area (Å²) in [5, 5.41) is 0.216. The number of aldehydes is 1. The number of hydrogen-bond acceptors (Lipinski definition) is 3. The summed E-state index contributed by atoms with van der Waals surface area (Å²) in [6, 6.07) is 0. The van der Waals surface area contributed by atoms with Crippen molar-refractivity contribution >= 4 is 14.6 Å². The molecule has 1 aliphatic heterocycles. The van der Waals surface area contributed by atoms with Crippen LogP contribution in [0.4, 0.5) is 0 Å². The van der Waals surface area contributed by atoms with Crippen molar-refractivity contribution < 1.29 is 14.0 Å². The Kier molecular flexibility index (Phi) is 5.09. The van der Waals surface area contributed by atoms with Gasteiger partial charge in [0.1, 0.15) is 17.5 Å². The molecule has 0 radical (unpaired) electrons. The summed E-state index contributed by atoms with van der Waals surface area (Å²) < 4.78 is 13.1. The lowest BCUT2D eigenvalue weighted by Crippen LogP contribution is -2.51. The highest BCUT2D eigenvalue weighted by molar-refractivity contribution is 6.74. The molecule has 0 unspecified atom stereocenters. The molecule has 2 fully saturated rings. The molecular weight excluding hydrogens is 328 g/mol. The summed E-state index contributed by atoms with van der Waals surface area (Å²) in [5.74, 6) is 0. The highest BCUT2D eigenvalue weighted by atomic mass is 28.4. The van der Waals surface area contributed by atoms with Crippen molar-refractivity contribution in [2.24, 2.45) is 5.41 Å². The van der Waals surface area contributed by atoms with Crippen LogP contribution in [0.5, 0.6) is 0 Å². The molecule has 2 aliphatic rings. The third-order valence-corrected chi connectivity index (χ3v) is 11.2. The monoisotopic (exact) mass is 364 g/mol. The molecular formula is C21H36O3Si. The molecule has 1 aliphatic carbocycles. The number of rotatable bonds is 5. The Morgan fingerprint density at radius 3 is 2.28 bits per heavy atom. The molecule has 0 aromatic carbocycles. The average molecular weight is 365 g/mol. The second-order valence-corrected chi connectivity index (χ2v) is 15.0. The largest absolute Gasteiger partial charge is 0.414 e. The maximum Gasteiger partial charge on any atom is 0.192 e. The van der Waals surface area contributed by atoms with Crippen LogP contribution in [0.3, 0.4) is 0 Å². The molecule has 0 aromatic rings. The van der Waals surface area contributed by atoms with Gasteiger partial charge in [0.25, 0.3) is 0 Å². The van der Waals surface area contributed by atoms with E-state index in [9.17, 15) is 4.79 Å². The molecule has 0 spiro atoms. The normalized spacial score (nSPS) is 35.6. The molecule has 2 rings (SSSR count). The third-order valence-electron chi connectivity index (χ3n) is 6.67. The number of ether oxygens (including phenoxy) is 1. The van der Waals surface area contributed by atoms with Crippen LogP contribution in [0, 0.1) is 5.41 Å². The maximum atomic E-state index is 10.6. The second-order valence-electron chi connectivity index (χ2n) is 10.2. The number of epoxide rings is 1. The Hall–Kier alpha value is -0.713. The molecule has 0 aromatic heterocycles. The van der Waals surface area contributed by atoms with E-state index < -0.39 is 8.32 Å². The van der Waals surface area contributed by atoms with Crippen LogP contribution in [-0.4, -0.2) is 31.9 Å². The van der Waals surface area contributed by atoms with Gasteiger partial charge in [0, 0.05) is 17.9 Å². The highest BCUT2D eigenvalue weighted by Crippen LogP contribution is 2.66. The summed E-state index contributed by atoms with van der Waals surface area (Å²) >= 11 is 0. The van der Waals surface area contributed by atoms with Crippen LogP contribution in [0.2, 0.25) is 18.1 Å². The predicted molar refractivity (Wildman–Crippen MR) is 106 cm³/mol. The minimum absolute atomic E-state index is 0.00894. The van der Waals surface area contributed by atoms with Gasteiger partial charge in [-0.1, -0.05) is 40.7 Å². The molecule has 1 saturated carbocycles. The van der Waals surface area contributed by atoms with Crippen molar-refractivity contribution in [1.82, 2.24) is 0 Å². The molecule has 3 atom stereocenters. The number of allylic oxidation sites excluding steroid dienone is 3. The van der Waals surface area contributed by atoms with Crippen molar-refractivity contribution in [1.29, 1.82) is 0 Å².